The number of rotatable bonds is 7. The Morgan fingerprint density at radius 2 is 0.870 bits per heavy atom. The number of furan rings is 2. The molecule has 0 radical (unpaired) electrons. The van der Waals surface area contributed by atoms with E-state index in [0.29, 0.717) is 17.5 Å². The van der Waals surface area contributed by atoms with E-state index < -0.39 is 0 Å². The average Bonchev–Trinajstić information content (AvgIpc) is 4.10. The summed E-state index contributed by atoms with van der Waals surface area (Å²) in [6.07, 6.45) is 0. The van der Waals surface area contributed by atoms with Crippen LogP contribution in [0.3, 0.4) is 0 Å². The highest BCUT2D eigenvalue weighted by Crippen LogP contribution is 2.44. The molecule has 6 heteroatoms. The Balaban J connectivity index is 0.940. The van der Waals surface area contributed by atoms with Gasteiger partial charge in [0.2, 0.25) is 0 Å². The van der Waals surface area contributed by atoms with Crippen molar-refractivity contribution in [2.45, 2.75) is 0 Å². The molecule has 0 fully saturated rings. The molecule has 10 aromatic carbocycles. The zero-order valence-corrected chi connectivity index (χ0v) is 37.0. The number of aromatic nitrogens is 4. The number of fused-ring (bicyclic) bond motifs is 9. The molecule has 0 N–H and O–H groups in total. The number of benzene rings is 10. The maximum Gasteiger partial charge on any atom is 0.164 e. The summed E-state index contributed by atoms with van der Waals surface area (Å²) in [6, 6.07) is 80.3. The standard InChI is InChI=1S/C63H38N4O2/c1-4-15-39(16-5-1)41-27-29-43(30-28-41)62-64-61(42-19-8-3-9-20-42)65-63(66-62)53-36-45(37-58-59(53)51-22-11-13-26-56(51)68-58)47-23-14-24-50-49-33-32-46(38-57(49)69-60(47)50)67-54-25-12-10-21-48(54)52-35-44(31-34-55(52)67)40-17-6-2-7-18-40/h1-38H. The first-order chi connectivity index (χ1) is 34.2. The van der Waals surface area contributed by atoms with Gasteiger partial charge in [0.15, 0.2) is 17.5 Å². The number of para-hydroxylation sites is 3. The normalized spacial score (nSPS) is 11.8. The van der Waals surface area contributed by atoms with Gasteiger partial charge in [-0.15, -0.1) is 0 Å². The molecule has 6 nitrogen and oxygen atoms in total. The van der Waals surface area contributed by atoms with E-state index in [1.165, 1.54) is 21.9 Å². The Kier molecular flexibility index (Phi) is 8.79. The minimum Gasteiger partial charge on any atom is -0.456 e. The van der Waals surface area contributed by atoms with Crippen LogP contribution < -0.4 is 0 Å². The molecule has 0 amide bonds. The SMILES string of the molecule is c1ccc(-c2ccc(-c3nc(-c4ccccc4)nc(-c4cc(-c5cccc6c5oc5cc(-n7c8ccccc8c8cc(-c9ccccc9)ccc87)ccc56)cc5oc6ccccc6c45)n3)cc2)cc1. The predicted molar refractivity (Wildman–Crippen MR) is 281 cm³/mol. The van der Waals surface area contributed by atoms with Gasteiger partial charge in [-0.3, -0.25) is 0 Å². The van der Waals surface area contributed by atoms with E-state index in [1.54, 1.807) is 0 Å². The fourth-order valence-corrected chi connectivity index (χ4v) is 10.2. The third kappa shape index (κ3) is 6.45. The van der Waals surface area contributed by atoms with E-state index in [2.05, 4.69) is 180 Å². The van der Waals surface area contributed by atoms with Crippen LogP contribution >= 0.6 is 0 Å². The average molecular weight is 883 g/mol. The van der Waals surface area contributed by atoms with Crippen LogP contribution in [0, 0.1) is 0 Å². The third-order valence-corrected chi connectivity index (χ3v) is 13.5. The molecule has 14 rings (SSSR count). The summed E-state index contributed by atoms with van der Waals surface area (Å²) in [5.41, 5.74) is 15.6. The van der Waals surface area contributed by atoms with Gasteiger partial charge in [0, 0.05) is 66.3 Å². The molecule has 4 aromatic heterocycles. The van der Waals surface area contributed by atoms with Crippen molar-refractivity contribution >= 4 is 65.7 Å². The van der Waals surface area contributed by atoms with E-state index in [4.69, 9.17) is 23.8 Å². The number of hydrogen-bond donors (Lipinski definition) is 0. The fourth-order valence-electron chi connectivity index (χ4n) is 10.2. The molecule has 0 atom stereocenters. The summed E-state index contributed by atoms with van der Waals surface area (Å²) >= 11 is 0. The zero-order chi connectivity index (χ0) is 45.4. The van der Waals surface area contributed by atoms with Gasteiger partial charge in [-0.05, 0) is 76.3 Å². The Bertz CT molecular complexity index is 4290. The number of hydrogen-bond acceptors (Lipinski definition) is 5. The highest BCUT2D eigenvalue weighted by Gasteiger charge is 2.22. The molecular weight excluding hydrogens is 845 g/mol. The molecule has 0 aliphatic carbocycles. The second-order valence-electron chi connectivity index (χ2n) is 17.5. The lowest BCUT2D eigenvalue weighted by Gasteiger charge is -2.11. The first-order valence-corrected chi connectivity index (χ1v) is 23.2. The van der Waals surface area contributed by atoms with Gasteiger partial charge < -0.3 is 13.4 Å². The maximum absolute atomic E-state index is 7.00. The highest BCUT2D eigenvalue weighted by atomic mass is 16.3. The molecule has 322 valence electrons. The van der Waals surface area contributed by atoms with Gasteiger partial charge in [-0.1, -0.05) is 176 Å². The lowest BCUT2D eigenvalue weighted by Crippen LogP contribution is -2.00. The quantitative estimate of drug-likeness (QED) is 0.159. The Hall–Kier alpha value is -9.39. The topological polar surface area (TPSA) is 69.9 Å². The number of nitrogens with zero attached hydrogens (tertiary/aromatic N) is 4. The summed E-state index contributed by atoms with van der Waals surface area (Å²) in [5, 5.41) is 6.41. The first-order valence-electron chi connectivity index (χ1n) is 23.2. The second-order valence-corrected chi connectivity index (χ2v) is 17.5. The van der Waals surface area contributed by atoms with E-state index in [-0.39, 0.29) is 0 Å². The van der Waals surface area contributed by atoms with Crippen LogP contribution in [0.4, 0.5) is 0 Å². The largest absolute Gasteiger partial charge is 0.456 e. The van der Waals surface area contributed by atoms with E-state index >= 15 is 0 Å². The third-order valence-electron chi connectivity index (χ3n) is 13.5. The van der Waals surface area contributed by atoms with Gasteiger partial charge in [-0.2, -0.15) is 0 Å². The van der Waals surface area contributed by atoms with Crippen LogP contribution in [-0.4, -0.2) is 19.5 Å². The van der Waals surface area contributed by atoms with Crippen molar-refractivity contribution in [3.63, 3.8) is 0 Å². The van der Waals surface area contributed by atoms with E-state index in [0.717, 1.165) is 99.5 Å². The Labute approximate surface area is 396 Å². The fraction of sp³-hybridized carbons (Fsp3) is 0. The summed E-state index contributed by atoms with van der Waals surface area (Å²) in [5.74, 6) is 1.72. The van der Waals surface area contributed by atoms with Crippen LogP contribution in [-0.2, 0) is 0 Å². The van der Waals surface area contributed by atoms with Gasteiger partial charge in [0.1, 0.15) is 22.3 Å². The van der Waals surface area contributed by atoms with Crippen molar-refractivity contribution in [3.05, 3.63) is 231 Å². The van der Waals surface area contributed by atoms with Crippen LogP contribution in [0.1, 0.15) is 0 Å². The van der Waals surface area contributed by atoms with Crippen molar-refractivity contribution in [3.8, 4) is 73.2 Å². The van der Waals surface area contributed by atoms with Gasteiger partial charge in [0.25, 0.3) is 0 Å². The van der Waals surface area contributed by atoms with Crippen LogP contribution in [0.15, 0.2) is 239 Å². The zero-order valence-electron chi connectivity index (χ0n) is 37.0. The van der Waals surface area contributed by atoms with Gasteiger partial charge in [0.05, 0.1) is 11.0 Å². The molecule has 0 aliphatic heterocycles. The maximum atomic E-state index is 7.00. The molecule has 0 spiro atoms. The molecule has 0 unspecified atom stereocenters. The molecule has 0 saturated heterocycles. The van der Waals surface area contributed by atoms with Crippen molar-refractivity contribution < 1.29 is 8.83 Å². The summed E-state index contributed by atoms with van der Waals surface area (Å²) in [7, 11) is 0. The minimum atomic E-state index is 0.549. The van der Waals surface area contributed by atoms with Gasteiger partial charge in [-0.25, -0.2) is 15.0 Å². The summed E-state index contributed by atoms with van der Waals surface area (Å²) in [6.45, 7) is 0. The molecule has 0 bridgehead atoms. The molecule has 0 saturated carbocycles. The van der Waals surface area contributed by atoms with Crippen LogP contribution in [0.5, 0.6) is 0 Å². The summed E-state index contributed by atoms with van der Waals surface area (Å²) < 4.78 is 16.0. The Morgan fingerprint density at radius 1 is 0.290 bits per heavy atom. The predicted octanol–water partition coefficient (Wildman–Crippen LogP) is 16.8. The van der Waals surface area contributed by atoms with Crippen molar-refractivity contribution in [2.75, 3.05) is 0 Å². The van der Waals surface area contributed by atoms with Crippen molar-refractivity contribution in [2.24, 2.45) is 0 Å². The lowest BCUT2D eigenvalue weighted by molar-refractivity contribution is 0.668. The Morgan fingerprint density at radius 3 is 1.64 bits per heavy atom. The van der Waals surface area contributed by atoms with E-state index in [9.17, 15) is 0 Å². The molecule has 14 aromatic rings. The highest BCUT2D eigenvalue weighted by molar-refractivity contribution is 6.16. The minimum absolute atomic E-state index is 0.549. The summed E-state index contributed by atoms with van der Waals surface area (Å²) in [4.78, 5) is 15.6. The molecule has 4 heterocycles. The smallest absolute Gasteiger partial charge is 0.164 e. The van der Waals surface area contributed by atoms with Crippen molar-refractivity contribution in [1.82, 2.24) is 19.5 Å². The molecule has 69 heavy (non-hydrogen) atoms. The molecule has 0 aliphatic rings. The first kappa shape index (κ1) is 38.8. The lowest BCUT2D eigenvalue weighted by atomic mass is 9.96. The second kappa shape index (κ2) is 15.6. The van der Waals surface area contributed by atoms with Gasteiger partial charge >= 0.3 is 0 Å². The van der Waals surface area contributed by atoms with Crippen molar-refractivity contribution in [1.29, 1.82) is 0 Å². The van der Waals surface area contributed by atoms with E-state index in [1.807, 2.05) is 54.6 Å². The van der Waals surface area contributed by atoms with Crippen LogP contribution in [0.25, 0.3) is 139 Å². The monoisotopic (exact) mass is 882 g/mol. The van der Waals surface area contributed by atoms with Crippen LogP contribution in [0.2, 0.25) is 0 Å². The molecular formula is C63H38N4O2.